The molecule has 0 unspecified atom stereocenters. The molecule has 1 atom stereocenters. The monoisotopic (exact) mass is 342 g/mol. The van der Waals surface area contributed by atoms with Crippen molar-refractivity contribution in [3.05, 3.63) is 34.4 Å². The van der Waals surface area contributed by atoms with Gasteiger partial charge in [0, 0.05) is 25.2 Å². The van der Waals surface area contributed by atoms with Crippen molar-refractivity contribution >= 4 is 18.3 Å². The number of nitrogens with one attached hydrogen (secondary N) is 1. The number of carbonyl (C=O) groups is 1. The summed E-state index contributed by atoms with van der Waals surface area (Å²) in [7, 11) is 0. The maximum absolute atomic E-state index is 13.1. The Hall–Kier alpha value is -1.41. The van der Waals surface area contributed by atoms with Crippen molar-refractivity contribution < 1.29 is 26.7 Å². The highest BCUT2D eigenvalue weighted by molar-refractivity contribution is 6.01. The van der Waals surface area contributed by atoms with Crippen molar-refractivity contribution in [2.45, 2.75) is 18.6 Å². The predicted octanol–water partition coefficient (Wildman–Crippen LogP) is 3.16. The van der Waals surface area contributed by atoms with Gasteiger partial charge in [-0.05, 0) is 17.7 Å². The zero-order valence-electron chi connectivity index (χ0n) is 11.1. The van der Waals surface area contributed by atoms with Gasteiger partial charge in [-0.25, -0.2) is 8.78 Å². The van der Waals surface area contributed by atoms with Gasteiger partial charge in [0.2, 0.25) is 0 Å². The fourth-order valence-electron chi connectivity index (χ4n) is 2.91. The number of nitrogens with zero attached hydrogens (tertiary/aromatic N) is 1. The largest absolute Gasteiger partial charge is 0.417 e. The van der Waals surface area contributed by atoms with Gasteiger partial charge in [0.25, 0.3) is 12.3 Å². The lowest BCUT2D eigenvalue weighted by atomic mass is 9.95. The minimum atomic E-state index is -4.84. The van der Waals surface area contributed by atoms with Crippen LogP contribution < -0.4 is 5.32 Å². The average Bonchev–Trinajstić information content (AvgIpc) is 2.71. The van der Waals surface area contributed by atoms with Gasteiger partial charge in [-0.3, -0.25) is 4.79 Å². The summed E-state index contributed by atoms with van der Waals surface area (Å²) in [4.78, 5) is 13.5. The Labute approximate surface area is 128 Å². The predicted molar refractivity (Wildman–Crippen MR) is 70.3 cm³/mol. The fraction of sp³-hybridized carbons (Fsp3) is 0.462. The SMILES string of the molecule is Cl.O=C1c2c(cc(C(F)F)cc2C(F)(F)F)[C@@H]2CNCCN12. The van der Waals surface area contributed by atoms with E-state index in [-0.39, 0.29) is 31.1 Å². The van der Waals surface area contributed by atoms with Crippen molar-refractivity contribution in [3.63, 3.8) is 0 Å². The normalized spacial score (nSPS) is 20.7. The number of amides is 1. The number of hydrogen-bond acceptors (Lipinski definition) is 2. The van der Waals surface area contributed by atoms with Crippen LogP contribution in [-0.2, 0) is 6.18 Å². The molecule has 1 aromatic carbocycles. The van der Waals surface area contributed by atoms with Crippen LogP contribution in [0.5, 0.6) is 0 Å². The minimum absolute atomic E-state index is 0. The molecule has 2 heterocycles. The summed E-state index contributed by atoms with van der Waals surface area (Å²) in [6, 6.07) is 0.791. The van der Waals surface area contributed by atoms with Crippen LogP contribution in [-0.4, -0.2) is 30.4 Å². The second-order valence-electron chi connectivity index (χ2n) is 5.05. The van der Waals surface area contributed by atoms with Gasteiger partial charge in [-0.15, -0.1) is 12.4 Å². The molecule has 2 aliphatic rings. The van der Waals surface area contributed by atoms with Crippen molar-refractivity contribution in [1.29, 1.82) is 0 Å². The molecule has 0 radical (unpaired) electrons. The van der Waals surface area contributed by atoms with Crippen LogP contribution >= 0.6 is 12.4 Å². The Bertz CT molecular complexity index is 605. The third kappa shape index (κ3) is 2.54. The van der Waals surface area contributed by atoms with Gasteiger partial charge in [0.15, 0.2) is 0 Å². The molecule has 0 spiro atoms. The standard InChI is InChI=1S/C13H11F5N2O.ClH/c14-11(15)6-3-7-9-5-19-1-2-20(9)12(21)10(7)8(4-6)13(16,17)18;/h3-4,9,11,19H,1-2,5H2;1H/t9-;/m0./s1. The molecule has 0 saturated carbocycles. The van der Waals surface area contributed by atoms with E-state index in [1.165, 1.54) is 4.90 Å². The van der Waals surface area contributed by atoms with Crippen LogP contribution in [0.2, 0.25) is 0 Å². The highest BCUT2D eigenvalue weighted by Crippen LogP contribution is 2.43. The number of fused-ring (bicyclic) bond motifs is 3. The average molecular weight is 343 g/mol. The Morgan fingerprint density at radius 2 is 1.95 bits per heavy atom. The molecular formula is C13H12ClF5N2O. The lowest BCUT2D eigenvalue weighted by molar-refractivity contribution is -0.138. The number of carbonyl (C=O) groups excluding carboxylic acids is 1. The maximum Gasteiger partial charge on any atom is 0.417 e. The van der Waals surface area contributed by atoms with Gasteiger partial charge in [0.1, 0.15) is 0 Å². The van der Waals surface area contributed by atoms with Gasteiger partial charge in [-0.1, -0.05) is 0 Å². The molecule has 0 aromatic heterocycles. The topological polar surface area (TPSA) is 32.3 Å². The Kier molecular flexibility index (Phi) is 4.36. The highest BCUT2D eigenvalue weighted by Gasteiger charge is 2.46. The number of alkyl halides is 5. The van der Waals surface area contributed by atoms with Gasteiger partial charge < -0.3 is 10.2 Å². The van der Waals surface area contributed by atoms with Crippen LogP contribution in [0.1, 0.15) is 39.5 Å². The zero-order valence-corrected chi connectivity index (χ0v) is 11.9. The first-order chi connectivity index (χ1) is 9.80. The second-order valence-corrected chi connectivity index (χ2v) is 5.05. The number of benzene rings is 1. The zero-order chi connectivity index (χ0) is 15.4. The Balaban J connectivity index is 0.00000176. The molecule has 22 heavy (non-hydrogen) atoms. The van der Waals surface area contributed by atoms with Crippen LogP contribution in [0.25, 0.3) is 0 Å². The first-order valence-corrected chi connectivity index (χ1v) is 6.35. The van der Waals surface area contributed by atoms with Gasteiger partial charge >= 0.3 is 6.18 Å². The van der Waals surface area contributed by atoms with E-state index in [2.05, 4.69) is 5.32 Å². The summed E-state index contributed by atoms with van der Waals surface area (Å²) in [5.41, 5.74) is -2.42. The highest BCUT2D eigenvalue weighted by atomic mass is 35.5. The lowest BCUT2D eigenvalue weighted by Crippen LogP contribution is -2.44. The van der Waals surface area contributed by atoms with Crippen LogP contribution in [0.3, 0.4) is 0 Å². The van der Waals surface area contributed by atoms with E-state index < -0.39 is 41.2 Å². The molecule has 1 fully saturated rings. The molecule has 3 rings (SSSR count). The first-order valence-electron chi connectivity index (χ1n) is 6.35. The fourth-order valence-corrected chi connectivity index (χ4v) is 2.91. The third-order valence-corrected chi connectivity index (χ3v) is 3.83. The molecule has 0 bridgehead atoms. The van der Waals surface area contributed by atoms with Crippen LogP contribution in [0, 0.1) is 0 Å². The number of rotatable bonds is 1. The number of piperazine rings is 1. The lowest BCUT2D eigenvalue weighted by Gasteiger charge is -2.30. The summed E-state index contributed by atoms with van der Waals surface area (Å²) < 4.78 is 65.0. The smallest absolute Gasteiger partial charge is 0.329 e. The first kappa shape index (κ1) is 17.0. The van der Waals surface area contributed by atoms with E-state index in [0.717, 1.165) is 6.07 Å². The van der Waals surface area contributed by atoms with E-state index in [9.17, 15) is 26.7 Å². The summed E-state index contributed by atoms with van der Waals surface area (Å²) in [5.74, 6) is -0.732. The van der Waals surface area contributed by atoms with Crippen LogP contribution in [0.4, 0.5) is 22.0 Å². The van der Waals surface area contributed by atoms with E-state index >= 15 is 0 Å². The molecule has 0 aliphatic carbocycles. The van der Waals surface area contributed by atoms with E-state index in [4.69, 9.17) is 0 Å². The van der Waals surface area contributed by atoms with Gasteiger partial charge in [-0.2, -0.15) is 13.2 Å². The number of hydrogen-bond donors (Lipinski definition) is 1. The number of halogens is 6. The molecule has 122 valence electrons. The Morgan fingerprint density at radius 1 is 1.27 bits per heavy atom. The molecule has 1 saturated heterocycles. The summed E-state index contributed by atoms with van der Waals surface area (Å²) in [5, 5.41) is 2.96. The molecule has 1 aromatic rings. The second kappa shape index (κ2) is 5.66. The summed E-state index contributed by atoms with van der Waals surface area (Å²) >= 11 is 0. The quantitative estimate of drug-likeness (QED) is 0.795. The molecule has 3 nitrogen and oxygen atoms in total. The van der Waals surface area contributed by atoms with Crippen molar-refractivity contribution in [1.82, 2.24) is 10.2 Å². The van der Waals surface area contributed by atoms with Crippen molar-refractivity contribution in [2.24, 2.45) is 0 Å². The summed E-state index contributed by atoms with van der Waals surface area (Å²) in [6.45, 7) is 1.00. The van der Waals surface area contributed by atoms with Crippen molar-refractivity contribution in [2.75, 3.05) is 19.6 Å². The minimum Gasteiger partial charge on any atom is -0.329 e. The molecular weight excluding hydrogens is 331 g/mol. The van der Waals surface area contributed by atoms with Crippen LogP contribution in [0.15, 0.2) is 12.1 Å². The van der Waals surface area contributed by atoms with Gasteiger partial charge in [0.05, 0.1) is 17.2 Å². The van der Waals surface area contributed by atoms with E-state index in [1.54, 1.807) is 0 Å². The molecule has 1 amide bonds. The van der Waals surface area contributed by atoms with E-state index in [0.29, 0.717) is 12.6 Å². The molecule has 2 aliphatic heterocycles. The van der Waals surface area contributed by atoms with E-state index in [1.807, 2.05) is 0 Å². The summed E-state index contributed by atoms with van der Waals surface area (Å²) in [6.07, 6.45) is -7.86. The molecule has 9 heteroatoms. The Morgan fingerprint density at radius 3 is 2.55 bits per heavy atom. The maximum atomic E-state index is 13.1. The third-order valence-electron chi connectivity index (χ3n) is 3.83. The van der Waals surface area contributed by atoms with Crippen molar-refractivity contribution in [3.8, 4) is 0 Å². The molecule has 1 N–H and O–H groups in total.